The second-order valence-corrected chi connectivity index (χ2v) is 5.58. The Kier molecular flexibility index (Phi) is 10.7. The molecule has 0 aliphatic rings. The molecule has 0 fully saturated rings. The van der Waals surface area contributed by atoms with Gasteiger partial charge in [-0.25, -0.2) is 0 Å². The van der Waals surface area contributed by atoms with E-state index in [4.69, 9.17) is 9.47 Å². The topological polar surface area (TPSA) is 18.5 Å². The Balaban J connectivity index is 0.00000484. The molecule has 0 saturated carbocycles. The van der Waals surface area contributed by atoms with Crippen molar-refractivity contribution in [1.29, 1.82) is 0 Å². The molecule has 0 bridgehead atoms. The number of allylic oxidation sites excluding steroid dienone is 1. The summed E-state index contributed by atoms with van der Waals surface area (Å²) < 4.78 is 12.3. The molecule has 0 unspecified atom stereocenters. The molecule has 1 rings (SSSR count). The van der Waals surface area contributed by atoms with E-state index in [2.05, 4.69) is 26.8 Å². The first-order valence-electron chi connectivity index (χ1n) is 7.55. The summed E-state index contributed by atoms with van der Waals surface area (Å²) in [5.74, 6) is 1.58. The molecule has 128 valence electrons. The quantitative estimate of drug-likeness (QED) is 0.292. The number of methoxy groups -OCH3 is 1. The zero-order valence-corrected chi connectivity index (χ0v) is 16.4. The molecule has 0 saturated heterocycles. The largest absolute Gasteiger partial charge is 1.00 e. The van der Waals surface area contributed by atoms with Gasteiger partial charge in [0.15, 0.2) is 11.5 Å². The number of hydrogen-bond acceptors (Lipinski definition) is 2. The van der Waals surface area contributed by atoms with Crippen molar-refractivity contribution < 1.29 is 37.9 Å². The fourth-order valence-corrected chi connectivity index (χ4v) is 2.45. The average molecular weight is 429 g/mol. The smallest absolute Gasteiger partial charge is 0.164 e. The first-order valence-corrected chi connectivity index (χ1v) is 7.55. The molecule has 0 radical (unpaired) electrons. The summed E-state index contributed by atoms with van der Waals surface area (Å²) in [6, 6.07) is 5.94. The summed E-state index contributed by atoms with van der Waals surface area (Å²) in [5.41, 5.74) is 1.09. The highest BCUT2D eigenvalue weighted by Crippen LogP contribution is 2.31. The third-order valence-corrected chi connectivity index (χ3v) is 3.66. The number of rotatable bonds is 11. The summed E-state index contributed by atoms with van der Waals surface area (Å²) in [5, 5.41) is 0. The Labute approximate surface area is 157 Å². The number of nitrogens with zero attached hydrogens (tertiary/aromatic N) is 1. The molecular formula is C19H28INO2. The van der Waals surface area contributed by atoms with Crippen LogP contribution < -0.4 is 33.5 Å². The number of halogens is 1. The van der Waals surface area contributed by atoms with Crippen molar-refractivity contribution >= 4 is 0 Å². The predicted octanol–water partition coefficient (Wildman–Crippen LogP) is 0.625. The molecule has 0 aromatic heterocycles. The minimum Gasteiger partial charge on any atom is -1.00 e. The van der Waals surface area contributed by atoms with E-state index in [9.17, 15) is 0 Å². The molecule has 0 amide bonds. The summed E-state index contributed by atoms with van der Waals surface area (Å²) in [6.45, 7) is 14.7. The number of ether oxygens (including phenoxy) is 2. The normalized spacial score (nSPS) is 10.3. The monoisotopic (exact) mass is 429 g/mol. The number of benzene rings is 1. The minimum absolute atomic E-state index is 0. The van der Waals surface area contributed by atoms with Gasteiger partial charge in [0.05, 0.1) is 27.2 Å². The number of hydrogen-bond donors (Lipinski definition) is 0. The van der Waals surface area contributed by atoms with E-state index in [-0.39, 0.29) is 24.0 Å². The SMILES string of the molecule is C=CCc1cccc(OC)c1OCC[N+](C)(CC=C)CC=C.[I-]. The van der Waals surface area contributed by atoms with Crippen molar-refractivity contribution in [1.82, 2.24) is 0 Å². The molecule has 1 aromatic rings. The van der Waals surface area contributed by atoms with Crippen molar-refractivity contribution in [3.8, 4) is 11.5 Å². The van der Waals surface area contributed by atoms with Crippen molar-refractivity contribution in [3.63, 3.8) is 0 Å². The summed E-state index contributed by atoms with van der Waals surface area (Å²) in [7, 11) is 3.84. The lowest BCUT2D eigenvalue weighted by Gasteiger charge is -2.32. The third kappa shape index (κ3) is 6.79. The molecule has 0 spiro atoms. The van der Waals surface area contributed by atoms with E-state index in [1.807, 2.05) is 36.4 Å². The van der Waals surface area contributed by atoms with Crippen LogP contribution in [0.25, 0.3) is 0 Å². The first-order chi connectivity index (χ1) is 10.6. The summed E-state index contributed by atoms with van der Waals surface area (Å²) >= 11 is 0. The molecule has 0 heterocycles. The highest BCUT2D eigenvalue weighted by Gasteiger charge is 2.19. The highest BCUT2D eigenvalue weighted by molar-refractivity contribution is 5.47. The summed E-state index contributed by atoms with van der Waals surface area (Å²) in [4.78, 5) is 0. The Bertz CT molecular complexity index is 504. The standard InChI is InChI=1S/C19H28NO2.HI/c1-6-10-17-11-9-12-18(21-5)19(17)22-16-15-20(4,13-7-2)14-8-3;/h6-9,11-12H,1-3,10,13-16H2,4-5H3;1H/q+1;/p-1. The van der Waals surface area contributed by atoms with Crippen LogP contribution in [0.2, 0.25) is 0 Å². The predicted molar refractivity (Wildman–Crippen MR) is 93.6 cm³/mol. The van der Waals surface area contributed by atoms with E-state index in [1.54, 1.807) is 7.11 Å². The number of likely N-dealkylation sites (N-methyl/N-ethyl adjacent to an activating group) is 1. The Morgan fingerprint density at radius 1 is 1.09 bits per heavy atom. The lowest BCUT2D eigenvalue weighted by Crippen LogP contribution is -3.00. The highest BCUT2D eigenvalue weighted by atomic mass is 127. The van der Waals surface area contributed by atoms with Crippen LogP contribution in [0.15, 0.2) is 56.2 Å². The zero-order chi connectivity index (χ0) is 16.4. The molecule has 4 heteroatoms. The van der Waals surface area contributed by atoms with Gasteiger partial charge in [-0.1, -0.05) is 31.4 Å². The molecule has 0 atom stereocenters. The minimum atomic E-state index is 0. The van der Waals surface area contributed by atoms with Gasteiger partial charge in [0.2, 0.25) is 0 Å². The molecule has 3 nitrogen and oxygen atoms in total. The van der Waals surface area contributed by atoms with Gasteiger partial charge in [-0.3, -0.25) is 0 Å². The van der Waals surface area contributed by atoms with E-state index in [0.717, 1.165) is 47.6 Å². The van der Waals surface area contributed by atoms with Crippen LogP contribution in [0, 0.1) is 0 Å². The molecule has 23 heavy (non-hydrogen) atoms. The second kappa shape index (κ2) is 11.3. The van der Waals surface area contributed by atoms with E-state index in [1.165, 1.54) is 0 Å². The Hall–Kier alpha value is -1.27. The van der Waals surface area contributed by atoms with Crippen LogP contribution in [-0.4, -0.2) is 44.9 Å². The maximum Gasteiger partial charge on any atom is 0.164 e. The second-order valence-electron chi connectivity index (χ2n) is 5.58. The molecule has 0 aliphatic heterocycles. The average Bonchev–Trinajstić information content (AvgIpc) is 2.49. The van der Waals surface area contributed by atoms with Crippen molar-refractivity contribution in [2.24, 2.45) is 0 Å². The fourth-order valence-electron chi connectivity index (χ4n) is 2.45. The number of quaternary nitrogens is 1. The number of para-hydroxylation sites is 1. The summed E-state index contributed by atoms with van der Waals surface area (Å²) in [6.07, 6.45) is 6.51. The van der Waals surface area contributed by atoms with Gasteiger partial charge in [-0.05, 0) is 24.6 Å². The van der Waals surface area contributed by atoms with Gasteiger partial charge in [-0.2, -0.15) is 0 Å². The maximum atomic E-state index is 6.04. The Morgan fingerprint density at radius 3 is 2.26 bits per heavy atom. The lowest BCUT2D eigenvalue weighted by atomic mass is 10.1. The van der Waals surface area contributed by atoms with Gasteiger partial charge < -0.3 is 37.9 Å². The van der Waals surface area contributed by atoms with Crippen LogP contribution in [0.3, 0.4) is 0 Å². The van der Waals surface area contributed by atoms with Gasteiger partial charge in [-0.15, -0.1) is 6.58 Å². The molecule has 1 aromatic carbocycles. The van der Waals surface area contributed by atoms with Crippen LogP contribution >= 0.6 is 0 Å². The van der Waals surface area contributed by atoms with Gasteiger partial charge in [0.1, 0.15) is 13.2 Å². The van der Waals surface area contributed by atoms with Gasteiger partial charge >= 0.3 is 0 Å². The van der Waals surface area contributed by atoms with Gasteiger partial charge in [0.25, 0.3) is 0 Å². The fraction of sp³-hybridized carbons (Fsp3) is 0.368. The third-order valence-electron chi connectivity index (χ3n) is 3.66. The molecule has 0 N–H and O–H groups in total. The van der Waals surface area contributed by atoms with Crippen molar-refractivity contribution in [3.05, 3.63) is 61.7 Å². The van der Waals surface area contributed by atoms with E-state index >= 15 is 0 Å². The molecular weight excluding hydrogens is 401 g/mol. The lowest BCUT2D eigenvalue weighted by molar-refractivity contribution is -0.898. The van der Waals surface area contributed by atoms with Crippen LogP contribution in [0.5, 0.6) is 11.5 Å². The molecule has 0 aliphatic carbocycles. The van der Waals surface area contributed by atoms with E-state index in [0.29, 0.717) is 6.61 Å². The van der Waals surface area contributed by atoms with Crippen molar-refractivity contribution in [2.75, 3.05) is 40.4 Å². The Morgan fingerprint density at radius 2 is 1.74 bits per heavy atom. The van der Waals surface area contributed by atoms with E-state index < -0.39 is 0 Å². The van der Waals surface area contributed by atoms with Crippen LogP contribution in [0.4, 0.5) is 0 Å². The zero-order valence-electron chi connectivity index (χ0n) is 14.3. The van der Waals surface area contributed by atoms with Crippen LogP contribution in [-0.2, 0) is 6.42 Å². The van der Waals surface area contributed by atoms with Crippen LogP contribution in [0.1, 0.15) is 5.56 Å². The maximum absolute atomic E-state index is 6.04. The first kappa shape index (κ1) is 21.7. The van der Waals surface area contributed by atoms with Crippen molar-refractivity contribution in [2.45, 2.75) is 6.42 Å². The van der Waals surface area contributed by atoms with Gasteiger partial charge in [0, 0.05) is 5.56 Å².